The second-order valence-electron chi connectivity index (χ2n) is 5.16. The second-order valence-corrected chi connectivity index (χ2v) is 6.91. The van der Waals surface area contributed by atoms with E-state index < -0.39 is 0 Å². The lowest BCUT2D eigenvalue weighted by molar-refractivity contribution is -0.134. The van der Waals surface area contributed by atoms with E-state index in [4.69, 9.17) is 16.3 Å². The molecule has 23 heavy (non-hydrogen) atoms. The number of nitrogens with zero attached hydrogens (tertiary/aromatic N) is 4. The molecule has 1 aromatic heterocycles. The highest BCUT2D eigenvalue weighted by Gasteiger charge is 2.25. The molecule has 0 saturated carbocycles. The molecule has 0 spiro atoms. The average Bonchev–Trinajstić information content (AvgIpc) is 3.03. The molecule has 2 aromatic rings. The van der Waals surface area contributed by atoms with E-state index in [1.54, 1.807) is 6.33 Å². The fourth-order valence-electron chi connectivity index (χ4n) is 2.36. The van der Waals surface area contributed by atoms with Gasteiger partial charge in [0, 0.05) is 18.1 Å². The number of carbonyl (C=O) groups is 1. The molecule has 122 valence electrons. The summed E-state index contributed by atoms with van der Waals surface area (Å²) in [5.41, 5.74) is 0.871. The van der Waals surface area contributed by atoms with Gasteiger partial charge in [-0.2, -0.15) is 0 Å². The zero-order chi connectivity index (χ0) is 16.2. The second kappa shape index (κ2) is 7.33. The molecule has 0 aliphatic carbocycles. The maximum absolute atomic E-state index is 12.5. The summed E-state index contributed by atoms with van der Waals surface area (Å²) >= 11 is 7.43. The molecule has 0 radical (unpaired) electrons. The van der Waals surface area contributed by atoms with E-state index in [0.29, 0.717) is 36.5 Å². The Balaban J connectivity index is 1.73. The highest BCUT2D eigenvalue weighted by atomic mass is 35.5. The highest BCUT2D eigenvalue weighted by molar-refractivity contribution is 8.00. The molecule has 1 amide bonds. The largest absolute Gasteiger partial charge is 0.378 e. The lowest BCUT2D eigenvalue weighted by Gasteiger charge is -2.28. The number of hydrogen-bond acceptors (Lipinski definition) is 5. The molecule has 0 N–H and O–H groups in total. The number of hydrogen-bond donors (Lipinski definition) is 0. The van der Waals surface area contributed by atoms with E-state index in [2.05, 4.69) is 10.2 Å². The molecule has 1 fully saturated rings. The van der Waals surface area contributed by atoms with Gasteiger partial charge < -0.3 is 9.64 Å². The number of ether oxygens (including phenoxy) is 1. The molecule has 1 aliphatic rings. The summed E-state index contributed by atoms with van der Waals surface area (Å²) in [7, 11) is 0. The Kier molecular flexibility index (Phi) is 5.20. The Morgan fingerprint density at radius 3 is 2.91 bits per heavy atom. The van der Waals surface area contributed by atoms with Crippen molar-refractivity contribution < 1.29 is 9.53 Å². The first kappa shape index (κ1) is 16.3. The average molecular weight is 353 g/mol. The number of rotatable bonds is 4. The number of carbonyl (C=O) groups excluding carboxylic acids is 1. The first-order chi connectivity index (χ1) is 11.1. The molecule has 6 nitrogen and oxygen atoms in total. The molecule has 1 aromatic carbocycles. The van der Waals surface area contributed by atoms with Crippen LogP contribution < -0.4 is 0 Å². The van der Waals surface area contributed by atoms with Gasteiger partial charge in [-0.3, -0.25) is 9.36 Å². The van der Waals surface area contributed by atoms with E-state index in [-0.39, 0.29) is 11.2 Å². The summed E-state index contributed by atoms with van der Waals surface area (Å²) < 4.78 is 7.12. The molecule has 1 saturated heterocycles. The molecule has 8 heteroatoms. The van der Waals surface area contributed by atoms with Crippen LogP contribution >= 0.6 is 23.4 Å². The third-order valence-electron chi connectivity index (χ3n) is 3.56. The summed E-state index contributed by atoms with van der Waals surface area (Å²) in [4.78, 5) is 14.3. The van der Waals surface area contributed by atoms with Crippen LogP contribution in [-0.2, 0) is 9.53 Å². The number of aromatic nitrogens is 3. The van der Waals surface area contributed by atoms with Crippen molar-refractivity contribution in [2.24, 2.45) is 0 Å². The van der Waals surface area contributed by atoms with E-state index >= 15 is 0 Å². The van der Waals surface area contributed by atoms with Gasteiger partial charge in [-0.25, -0.2) is 0 Å². The van der Waals surface area contributed by atoms with Gasteiger partial charge in [-0.15, -0.1) is 10.2 Å². The molecule has 2 heterocycles. The minimum absolute atomic E-state index is 0.0962. The summed E-state index contributed by atoms with van der Waals surface area (Å²) in [6.07, 6.45) is 1.62. The Labute approximate surface area is 143 Å². The van der Waals surface area contributed by atoms with Crippen molar-refractivity contribution >= 4 is 29.3 Å². The number of amides is 1. The van der Waals surface area contributed by atoms with E-state index in [0.717, 1.165) is 5.69 Å². The topological polar surface area (TPSA) is 60.2 Å². The quantitative estimate of drug-likeness (QED) is 0.790. The smallest absolute Gasteiger partial charge is 0.236 e. The van der Waals surface area contributed by atoms with Crippen molar-refractivity contribution in [1.29, 1.82) is 0 Å². The summed E-state index contributed by atoms with van der Waals surface area (Å²) in [5, 5.41) is 9.15. The molecule has 1 unspecified atom stereocenters. The third-order valence-corrected chi connectivity index (χ3v) is 4.84. The van der Waals surface area contributed by atoms with Crippen molar-refractivity contribution in [2.75, 3.05) is 26.3 Å². The first-order valence-electron chi connectivity index (χ1n) is 7.34. The van der Waals surface area contributed by atoms with Crippen molar-refractivity contribution in [1.82, 2.24) is 19.7 Å². The third kappa shape index (κ3) is 3.85. The predicted molar refractivity (Wildman–Crippen MR) is 89.1 cm³/mol. The monoisotopic (exact) mass is 352 g/mol. The van der Waals surface area contributed by atoms with Gasteiger partial charge >= 0.3 is 0 Å². The van der Waals surface area contributed by atoms with Gasteiger partial charge in [-0.1, -0.05) is 29.4 Å². The van der Waals surface area contributed by atoms with Crippen LogP contribution in [0.1, 0.15) is 6.92 Å². The Morgan fingerprint density at radius 2 is 2.17 bits per heavy atom. The van der Waals surface area contributed by atoms with Crippen LogP contribution in [-0.4, -0.2) is 57.1 Å². The zero-order valence-corrected chi connectivity index (χ0v) is 14.3. The van der Waals surface area contributed by atoms with Crippen molar-refractivity contribution in [3.05, 3.63) is 35.6 Å². The first-order valence-corrected chi connectivity index (χ1v) is 8.60. The van der Waals surface area contributed by atoms with Gasteiger partial charge in [0.15, 0.2) is 5.16 Å². The highest BCUT2D eigenvalue weighted by Crippen LogP contribution is 2.26. The molecule has 1 aliphatic heterocycles. The van der Waals surface area contributed by atoms with E-state index in [1.807, 2.05) is 40.7 Å². The maximum atomic E-state index is 12.5. The lowest BCUT2D eigenvalue weighted by Crippen LogP contribution is -2.44. The fourth-order valence-corrected chi connectivity index (χ4v) is 3.47. The SMILES string of the molecule is CC(Sc1nncn1-c1cccc(Cl)c1)C(=O)N1CCOCC1. The molecular formula is C15H17ClN4O2S. The van der Waals surface area contributed by atoms with Gasteiger partial charge in [-0.05, 0) is 25.1 Å². The van der Waals surface area contributed by atoms with Crippen LogP contribution in [0.15, 0.2) is 35.7 Å². The summed E-state index contributed by atoms with van der Waals surface area (Å²) in [6, 6.07) is 7.44. The molecule has 1 atom stereocenters. The molecular weight excluding hydrogens is 336 g/mol. The Morgan fingerprint density at radius 1 is 1.39 bits per heavy atom. The van der Waals surface area contributed by atoms with Crippen LogP contribution in [0.3, 0.4) is 0 Å². The molecule has 0 bridgehead atoms. The number of morpholine rings is 1. The van der Waals surface area contributed by atoms with Crippen LogP contribution in [0, 0.1) is 0 Å². The minimum atomic E-state index is -0.241. The summed E-state index contributed by atoms with van der Waals surface area (Å²) in [5.74, 6) is 0.0962. The Hall–Kier alpha value is -1.57. The van der Waals surface area contributed by atoms with Gasteiger partial charge in [0.1, 0.15) is 6.33 Å². The summed E-state index contributed by atoms with van der Waals surface area (Å²) in [6.45, 7) is 4.37. The maximum Gasteiger partial charge on any atom is 0.236 e. The Bertz CT molecular complexity index is 688. The van der Waals surface area contributed by atoms with Crippen LogP contribution in [0.4, 0.5) is 0 Å². The van der Waals surface area contributed by atoms with Crippen molar-refractivity contribution in [2.45, 2.75) is 17.3 Å². The van der Waals surface area contributed by atoms with Gasteiger partial charge in [0.05, 0.1) is 24.2 Å². The van der Waals surface area contributed by atoms with Gasteiger partial charge in [0.2, 0.25) is 5.91 Å². The van der Waals surface area contributed by atoms with E-state index in [1.165, 1.54) is 11.8 Å². The van der Waals surface area contributed by atoms with Crippen LogP contribution in [0.5, 0.6) is 0 Å². The van der Waals surface area contributed by atoms with Crippen molar-refractivity contribution in [3.63, 3.8) is 0 Å². The lowest BCUT2D eigenvalue weighted by atomic mass is 10.3. The fraction of sp³-hybridized carbons (Fsp3) is 0.400. The number of benzene rings is 1. The van der Waals surface area contributed by atoms with Crippen LogP contribution in [0.2, 0.25) is 5.02 Å². The standard InChI is InChI=1S/C15H17ClN4O2S/c1-11(14(21)19-5-7-22-8-6-19)23-15-18-17-10-20(15)13-4-2-3-12(16)9-13/h2-4,9-11H,5-8H2,1H3. The zero-order valence-electron chi connectivity index (χ0n) is 12.7. The normalized spacial score (nSPS) is 16.3. The molecule has 3 rings (SSSR count). The number of halogens is 1. The minimum Gasteiger partial charge on any atom is -0.378 e. The van der Waals surface area contributed by atoms with Crippen LogP contribution in [0.25, 0.3) is 5.69 Å². The van der Waals surface area contributed by atoms with E-state index in [9.17, 15) is 4.79 Å². The van der Waals surface area contributed by atoms with Crippen molar-refractivity contribution in [3.8, 4) is 5.69 Å². The predicted octanol–water partition coefficient (Wildman–Crippen LogP) is 2.26. The number of thioether (sulfide) groups is 1. The van der Waals surface area contributed by atoms with Gasteiger partial charge in [0.25, 0.3) is 0 Å².